The molecule has 1 aromatic carbocycles. The Morgan fingerprint density at radius 3 is 2.26 bits per heavy atom. The van der Waals surface area contributed by atoms with E-state index >= 15 is 0 Å². The van der Waals surface area contributed by atoms with Crippen molar-refractivity contribution in [3.63, 3.8) is 0 Å². The molecule has 2 fully saturated rings. The highest BCUT2D eigenvalue weighted by atomic mass is 32.2. The van der Waals surface area contributed by atoms with Crippen molar-refractivity contribution < 1.29 is 17.9 Å². The highest BCUT2D eigenvalue weighted by Gasteiger charge is 2.32. The Kier molecular flexibility index (Phi) is 6.89. The molecular weight excluding hydrogens is 364 g/mol. The molecule has 2 heterocycles. The lowest BCUT2D eigenvalue weighted by molar-refractivity contribution is -0.138. The number of ether oxygens (including phenoxy) is 1. The third kappa shape index (κ3) is 5.77. The molecule has 0 unspecified atom stereocenters. The molecule has 0 N–H and O–H groups in total. The Bertz CT molecular complexity index is 707. The van der Waals surface area contributed by atoms with E-state index in [2.05, 4.69) is 12.1 Å². The van der Waals surface area contributed by atoms with Crippen molar-refractivity contribution in [2.24, 2.45) is 11.8 Å². The number of nitrogens with zero attached hydrogens (tertiary/aromatic N) is 2. The summed E-state index contributed by atoms with van der Waals surface area (Å²) in [4.78, 5) is 14.7. The summed E-state index contributed by atoms with van der Waals surface area (Å²) in [7, 11) is -3.14. The first-order valence-corrected chi connectivity index (χ1v) is 11.6. The van der Waals surface area contributed by atoms with Gasteiger partial charge >= 0.3 is 0 Å². The van der Waals surface area contributed by atoms with Crippen LogP contribution in [0.3, 0.4) is 0 Å². The van der Waals surface area contributed by atoms with Crippen LogP contribution in [0.25, 0.3) is 0 Å². The van der Waals surface area contributed by atoms with Crippen LogP contribution in [0.2, 0.25) is 0 Å². The van der Waals surface area contributed by atoms with Crippen molar-refractivity contribution >= 4 is 15.9 Å². The normalized spacial score (nSPS) is 20.7. The molecule has 0 aromatic heterocycles. The van der Waals surface area contributed by atoms with Gasteiger partial charge in [-0.3, -0.25) is 4.79 Å². The standard InChI is InChI=1S/C20H30N2O4S/c1-27(24,25)22-13-9-19(10-14-22)20(23)21-11-7-18(8-12-21)16-26-15-17-5-3-2-4-6-17/h2-6,18-19H,7-16H2,1H3. The van der Waals surface area contributed by atoms with Gasteiger partial charge in [-0.1, -0.05) is 30.3 Å². The van der Waals surface area contributed by atoms with E-state index in [1.54, 1.807) is 0 Å². The molecule has 7 heteroatoms. The highest BCUT2D eigenvalue weighted by molar-refractivity contribution is 7.88. The molecule has 0 saturated carbocycles. The van der Waals surface area contributed by atoms with E-state index in [9.17, 15) is 13.2 Å². The molecule has 6 nitrogen and oxygen atoms in total. The third-order valence-electron chi connectivity index (χ3n) is 5.66. The van der Waals surface area contributed by atoms with Crippen molar-refractivity contribution in [1.82, 2.24) is 9.21 Å². The van der Waals surface area contributed by atoms with Gasteiger partial charge in [0.05, 0.1) is 12.9 Å². The van der Waals surface area contributed by atoms with Gasteiger partial charge in [0.15, 0.2) is 0 Å². The number of rotatable bonds is 6. The Morgan fingerprint density at radius 2 is 1.67 bits per heavy atom. The molecular formula is C20H30N2O4S. The number of carbonyl (C=O) groups is 1. The molecule has 2 aliphatic heterocycles. The molecule has 2 saturated heterocycles. The molecule has 0 atom stereocenters. The highest BCUT2D eigenvalue weighted by Crippen LogP contribution is 2.25. The Morgan fingerprint density at radius 1 is 1.04 bits per heavy atom. The number of sulfonamides is 1. The molecule has 1 amide bonds. The molecule has 0 bridgehead atoms. The van der Waals surface area contributed by atoms with Gasteiger partial charge in [-0.15, -0.1) is 0 Å². The van der Waals surface area contributed by atoms with Crippen molar-refractivity contribution in [2.75, 3.05) is 39.0 Å². The maximum absolute atomic E-state index is 12.7. The van der Waals surface area contributed by atoms with Crippen LogP contribution in [0, 0.1) is 11.8 Å². The minimum Gasteiger partial charge on any atom is -0.376 e. The molecule has 3 rings (SSSR count). The minimum absolute atomic E-state index is 0.0334. The summed E-state index contributed by atoms with van der Waals surface area (Å²) >= 11 is 0. The first-order valence-electron chi connectivity index (χ1n) is 9.79. The van der Waals surface area contributed by atoms with Gasteiger partial charge in [0.1, 0.15) is 0 Å². The topological polar surface area (TPSA) is 66.9 Å². The maximum Gasteiger partial charge on any atom is 0.225 e. The lowest BCUT2D eigenvalue weighted by Crippen LogP contribution is -2.46. The Labute approximate surface area is 162 Å². The van der Waals surface area contributed by atoms with Gasteiger partial charge < -0.3 is 9.64 Å². The summed E-state index contributed by atoms with van der Waals surface area (Å²) in [6.07, 6.45) is 4.45. The molecule has 27 heavy (non-hydrogen) atoms. The number of hydrogen-bond donors (Lipinski definition) is 0. The van der Waals surface area contributed by atoms with E-state index in [1.165, 1.54) is 16.1 Å². The smallest absolute Gasteiger partial charge is 0.225 e. The van der Waals surface area contributed by atoms with E-state index in [-0.39, 0.29) is 11.8 Å². The summed E-state index contributed by atoms with van der Waals surface area (Å²) in [5.41, 5.74) is 1.19. The van der Waals surface area contributed by atoms with Crippen LogP contribution in [0.4, 0.5) is 0 Å². The summed E-state index contributed by atoms with van der Waals surface area (Å²) < 4.78 is 30.5. The average Bonchev–Trinajstić information content (AvgIpc) is 2.68. The molecule has 0 aliphatic carbocycles. The van der Waals surface area contributed by atoms with E-state index in [1.807, 2.05) is 23.1 Å². The SMILES string of the molecule is CS(=O)(=O)N1CCC(C(=O)N2CCC(COCc3ccccc3)CC2)CC1. The molecule has 150 valence electrons. The van der Waals surface area contributed by atoms with Crippen molar-refractivity contribution in [1.29, 1.82) is 0 Å². The summed E-state index contributed by atoms with van der Waals surface area (Å²) in [5.74, 6) is 0.672. The van der Waals surface area contributed by atoms with Crippen molar-refractivity contribution in [2.45, 2.75) is 32.3 Å². The first-order chi connectivity index (χ1) is 12.9. The van der Waals surface area contributed by atoms with E-state index in [4.69, 9.17) is 4.74 Å². The van der Waals surface area contributed by atoms with Crippen molar-refractivity contribution in [3.05, 3.63) is 35.9 Å². The zero-order valence-corrected chi connectivity index (χ0v) is 16.9. The Hall–Kier alpha value is -1.44. The first kappa shape index (κ1) is 20.3. The summed E-state index contributed by atoms with van der Waals surface area (Å²) in [5, 5.41) is 0. The zero-order chi connectivity index (χ0) is 19.3. The van der Waals surface area contributed by atoms with Gasteiger partial charge in [0, 0.05) is 38.7 Å². The van der Waals surface area contributed by atoms with Crippen LogP contribution in [0.15, 0.2) is 30.3 Å². The number of benzene rings is 1. The molecule has 0 radical (unpaired) electrons. The van der Waals surface area contributed by atoms with Gasteiger partial charge in [-0.25, -0.2) is 12.7 Å². The fourth-order valence-electron chi connectivity index (χ4n) is 3.93. The quantitative estimate of drug-likeness (QED) is 0.741. The molecule has 0 spiro atoms. The second-order valence-electron chi connectivity index (χ2n) is 7.71. The zero-order valence-electron chi connectivity index (χ0n) is 16.0. The fraction of sp³-hybridized carbons (Fsp3) is 0.650. The predicted octanol–water partition coefficient (Wildman–Crippen LogP) is 2.11. The monoisotopic (exact) mass is 394 g/mol. The van der Waals surface area contributed by atoms with Crippen LogP contribution >= 0.6 is 0 Å². The van der Waals surface area contributed by atoms with Crippen LogP contribution in [0.1, 0.15) is 31.2 Å². The van der Waals surface area contributed by atoms with Crippen LogP contribution in [0.5, 0.6) is 0 Å². The number of piperidine rings is 2. The molecule has 2 aliphatic rings. The van der Waals surface area contributed by atoms with Crippen LogP contribution in [-0.4, -0.2) is 62.6 Å². The van der Waals surface area contributed by atoms with Gasteiger partial charge in [-0.05, 0) is 37.2 Å². The second-order valence-corrected chi connectivity index (χ2v) is 9.69. The summed E-state index contributed by atoms with van der Waals surface area (Å²) in [6, 6.07) is 10.2. The van der Waals surface area contributed by atoms with Gasteiger partial charge in [0.25, 0.3) is 0 Å². The number of hydrogen-bond acceptors (Lipinski definition) is 4. The van der Waals surface area contributed by atoms with Crippen LogP contribution < -0.4 is 0 Å². The lowest BCUT2D eigenvalue weighted by atomic mass is 9.93. The number of likely N-dealkylation sites (tertiary alicyclic amines) is 1. The summed E-state index contributed by atoms with van der Waals surface area (Å²) in [6.45, 7) is 3.86. The number of amides is 1. The van der Waals surface area contributed by atoms with E-state index in [0.29, 0.717) is 38.5 Å². The van der Waals surface area contributed by atoms with Crippen LogP contribution in [-0.2, 0) is 26.2 Å². The fourth-order valence-corrected chi connectivity index (χ4v) is 4.80. The lowest BCUT2D eigenvalue weighted by Gasteiger charge is -2.36. The van der Waals surface area contributed by atoms with E-state index in [0.717, 1.165) is 32.5 Å². The van der Waals surface area contributed by atoms with Gasteiger partial charge in [-0.2, -0.15) is 0 Å². The predicted molar refractivity (Wildman–Crippen MR) is 105 cm³/mol. The largest absolute Gasteiger partial charge is 0.376 e. The third-order valence-corrected chi connectivity index (χ3v) is 6.97. The minimum atomic E-state index is -3.14. The number of carbonyl (C=O) groups excluding carboxylic acids is 1. The maximum atomic E-state index is 12.7. The van der Waals surface area contributed by atoms with E-state index < -0.39 is 10.0 Å². The Balaban J connectivity index is 1.37. The average molecular weight is 395 g/mol. The molecule has 1 aromatic rings. The van der Waals surface area contributed by atoms with Crippen molar-refractivity contribution in [3.8, 4) is 0 Å². The second kappa shape index (κ2) is 9.17. The van der Waals surface area contributed by atoms with Gasteiger partial charge in [0.2, 0.25) is 15.9 Å².